The lowest BCUT2D eigenvalue weighted by Crippen LogP contribution is -2.22. The summed E-state index contributed by atoms with van der Waals surface area (Å²) >= 11 is 7.22. The molecule has 1 aromatic heterocycles. The molecule has 0 aliphatic rings. The molecule has 6 nitrogen and oxygen atoms in total. The number of hydrogen-bond acceptors (Lipinski definition) is 4. The van der Waals surface area contributed by atoms with E-state index in [9.17, 15) is 9.59 Å². The number of nitrogens with one attached hydrogen (secondary N) is 3. The Morgan fingerprint density at radius 2 is 1.74 bits per heavy atom. The summed E-state index contributed by atoms with van der Waals surface area (Å²) in [6.07, 6.45) is 0. The van der Waals surface area contributed by atoms with Crippen LogP contribution in [-0.4, -0.2) is 16.9 Å². The fourth-order valence-electron chi connectivity index (χ4n) is 2.34. The summed E-state index contributed by atoms with van der Waals surface area (Å²) in [6, 6.07) is 16.0. The van der Waals surface area contributed by atoms with Crippen molar-refractivity contribution in [2.24, 2.45) is 0 Å². The number of anilines is 2. The maximum absolute atomic E-state index is 12.4. The Labute approximate surface area is 165 Å². The summed E-state index contributed by atoms with van der Waals surface area (Å²) in [5.74, 6) is -0.263. The summed E-state index contributed by atoms with van der Waals surface area (Å²) in [5, 5.41) is 9.12. The van der Waals surface area contributed by atoms with Gasteiger partial charge in [-0.3, -0.25) is 10.1 Å². The molecule has 0 saturated heterocycles. The number of thiazole rings is 1. The number of amides is 3. The molecule has 8 heteroatoms. The van der Waals surface area contributed by atoms with Crippen LogP contribution in [-0.2, 0) is 6.54 Å². The van der Waals surface area contributed by atoms with E-state index in [4.69, 9.17) is 11.6 Å². The average molecular weight is 401 g/mol. The van der Waals surface area contributed by atoms with Crippen LogP contribution in [0.25, 0.3) is 0 Å². The molecule has 0 atom stereocenters. The van der Waals surface area contributed by atoms with Gasteiger partial charge in [-0.25, -0.2) is 9.78 Å². The number of para-hydroxylation sites is 1. The minimum atomic E-state index is -0.419. The molecule has 0 aliphatic carbocycles. The smallest absolute Gasteiger partial charge is 0.325 e. The highest BCUT2D eigenvalue weighted by Crippen LogP contribution is 2.23. The van der Waals surface area contributed by atoms with Gasteiger partial charge in [0.2, 0.25) is 0 Å². The van der Waals surface area contributed by atoms with Crippen LogP contribution in [0, 0.1) is 6.92 Å². The van der Waals surface area contributed by atoms with Crippen LogP contribution < -0.4 is 16.0 Å². The van der Waals surface area contributed by atoms with E-state index in [-0.39, 0.29) is 5.91 Å². The van der Waals surface area contributed by atoms with E-state index in [1.165, 1.54) is 0 Å². The monoisotopic (exact) mass is 400 g/mol. The average Bonchev–Trinajstić information content (AvgIpc) is 3.01. The first-order valence-corrected chi connectivity index (χ1v) is 9.34. The van der Waals surface area contributed by atoms with Gasteiger partial charge in [-0.05, 0) is 30.7 Å². The second kappa shape index (κ2) is 8.66. The zero-order valence-electron chi connectivity index (χ0n) is 14.5. The van der Waals surface area contributed by atoms with Crippen molar-refractivity contribution in [3.05, 3.63) is 75.8 Å². The molecule has 0 unspecified atom stereocenters. The van der Waals surface area contributed by atoms with Crippen molar-refractivity contribution in [2.75, 3.05) is 10.6 Å². The van der Waals surface area contributed by atoms with Crippen molar-refractivity contribution in [3.63, 3.8) is 0 Å². The van der Waals surface area contributed by atoms with E-state index >= 15 is 0 Å². The van der Waals surface area contributed by atoms with E-state index in [1.807, 2.05) is 36.4 Å². The molecule has 0 radical (unpaired) electrons. The number of aromatic nitrogens is 1. The molecule has 1 heterocycles. The summed E-state index contributed by atoms with van der Waals surface area (Å²) < 4.78 is 0. The minimum absolute atomic E-state index is 0.263. The molecule has 3 amide bonds. The molecule has 0 bridgehead atoms. The molecular weight excluding hydrogens is 384 g/mol. The van der Waals surface area contributed by atoms with Crippen LogP contribution in [0.3, 0.4) is 0 Å². The largest absolute Gasteiger partial charge is 0.347 e. The lowest BCUT2D eigenvalue weighted by Gasteiger charge is -2.06. The third-order valence-electron chi connectivity index (χ3n) is 3.65. The molecular formula is C19H17ClN4O2S. The Balaban J connectivity index is 1.61. The second-order valence-corrected chi connectivity index (χ2v) is 7.06. The molecule has 27 heavy (non-hydrogen) atoms. The highest BCUT2D eigenvalue weighted by Gasteiger charge is 2.16. The Morgan fingerprint density at radius 3 is 2.48 bits per heavy atom. The van der Waals surface area contributed by atoms with Gasteiger partial charge >= 0.3 is 6.03 Å². The summed E-state index contributed by atoms with van der Waals surface area (Å²) in [4.78, 5) is 29.2. The van der Waals surface area contributed by atoms with Crippen molar-refractivity contribution in [2.45, 2.75) is 13.5 Å². The SMILES string of the molecule is Cc1nc(NC(=O)Nc2ccccc2)sc1C(=O)NCc1ccccc1Cl. The second-order valence-electron chi connectivity index (χ2n) is 5.65. The molecule has 3 rings (SSSR count). The first kappa shape index (κ1) is 18.9. The third-order valence-corrected chi connectivity index (χ3v) is 5.09. The number of benzene rings is 2. The first-order valence-electron chi connectivity index (χ1n) is 8.15. The quantitative estimate of drug-likeness (QED) is 0.581. The predicted molar refractivity (Wildman–Crippen MR) is 109 cm³/mol. The topological polar surface area (TPSA) is 83.1 Å². The Morgan fingerprint density at radius 1 is 1.04 bits per heavy atom. The Hall–Kier alpha value is -2.90. The van der Waals surface area contributed by atoms with E-state index in [2.05, 4.69) is 20.9 Å². The molecule has 0 fully saturated rings. The normalized spacial score (nSPS) is 10.3. The molecule has 138 valence electrons. The lowest BCUT2D eigenvalue weighted by atomic mass is 10.2. The maximum Gasteiger partial charge on any atom is 0.325 e. The van der Waals surface area contributed by atoms with E-state index in [0.29, 0.717) is 33.0 Å². The van der Waals surface area contributed by atoms with Crippen LogP contribution >= 0.6 is 22.9 Å². The number of nitrogens with zero attached hydrogens (tertiary/aromatic N) is 1. The van der Waals surface area contributed by atoms with E-state index in [1.54, 1.807) is 25.1 Å². The van der Waals surface area contributed by atoms with Crippen molar-refractivity contribution in [3.8, 4) is 0 Å². The van der Waals surface area contributed by atoms with Crippen molar-refractivity contribution in [1.29, 1.82) is 0 Å². The lowest BCUT2D eigenvalue weighted by molar-refractivity contribution is 0.0954. The van der Waals surface area contributed by atoms with Gasteiger partial charge in [-0.15, -0.1) is 0 Å². The van der Waals surface area contributed by atoms with Crippen LogP contribution in [0.2, 0.25) is 5.02 Å². The zero-order chi connectivity index (χ0) is 19.2. The highest BCUT2D eigenvalue weighted by atomic mass is 35.5. The van der Waals surface area contributed by atoms with Gasteiger partial charge < -0.3 is 10.6 Å². The highest BCUT2D eigenvalue weighted by molar-refractivity contribution is 7.17. The van der Waals surface area contributed by atoms with Gasteiger partial charge in [0.25, 0.3) is 5.91 Å². The van der Waals surface area contributed by atoms with Crippen molar-refractivity contribution >= 4 is 45.7 Å². The Bertz CT molecular complexity index is 959. The summed E-state index contributed by atoms with van der Waals surface area (Å²) in [7, 11) is 0. The molecule has 3 N–H and O–H groups in total. The standard InChI is InChI=1S/C19H17ClN4O2S/c1-12-16(17(25)21-11-13-7-5-6-10-15(13)20)27-19(22-12)24-18(26)23-14-8-3-2-4-9-14/h2-10H,11H2,1H3,(H,21,25)(H2,22,23,24,26). The number of carbonyl (C=O) groups is 2. The number of hydrogen-bond donors (Lipinski definition) is 3. The number of rotatable bonds is 5. The number of aryl methyl sites for hydroxylation is 1. The van der Waals surface area contributed by atoms with Gasteiger partial charge in [0.15, 0.2) is 5.13 Å². The van der Waals surface area contributed by atoms with E-state index in [0.717, 1.165) is 16.9 Å². The van der Waals surface area contributed by atoms with Gasteiger partial charge in [0.05, 0.1) is 5.69 Å². The number of halogens is 1. The number of carbonyl (C=O) groups excluding carboxylic acids is 2. The third kappa shape index (κ3) is 5.06. The minimum Gasteiger partial charge on any atom is -0.347 e. The van der Waals surface area contributed by atoms with Gasteiger partial charge in [0, 0.05) is 17.3 Å². The van der Waals surface area contributed by atoms with Gasteiger partial charge in [-0.1, -0.05) is 59.3 Å². The molecule has 2 aromatic carbocycles. The van der Waals surface area contributed by atoms with Crippen LogP contribution in [0.5, 0.6) is 0 Å². The first-order chi connectivity index (χ1) is 13.0. The number of urea groups is 1. The zero-order valence-corrected chi connectivity index (χ0v) is 16.0. The summed E-state index contributed by atoms with van der Waals surface area (Å²) in [6.45, 7) is 2.04. The van der Waals surface area contributed by atoms with Gasteiger partial charge in [-0.2, -0.15) is 0 Å². The Kier molecular flexibility index (Phi) is 6.05. The molecule has 0 saturated carbocycles. The molecule has 3 aromatic rings. The van der Waals surface area contributed by atoms with Crippen LogP contribution in [0.15, 0.2) is 54.6 Å². The van der Waals surface area contributed by atoms with Gasteiger partial charge in [0.1, 0.15) is 4.88 Å². The van der Waals surface area contributed by atoms with Crippen molar-refractivity contribution < 1.29 is 9.59 Å². The van der Waals surface area contributed by atoms with E-state index < -0.39 is 6.03 Å². The fraction of sp³-hybridized carbons (Fsp3) is 0.105. The fourth-order valence-corrected chi connectivity index (χ4v) is 3.42. The molecule has 0 aliphatic heterocycles. The van der Waals surface area contributed by atoms with Crippen molar-refractivity contribution in [1.82, 2.24) is 10.3 Å². The maximum atomic E-state index is 12.4. The summed E-state index contributed by atoms with van der Waals surface area (Å²) in [5.41, 5.74) is 2.04. The van der Waals surface area contributed by atoms with Crippen LogP contribution in [0.1, 0.15) is 20.9 Å². The van der Waals surface area contributed by atoms with Crippen LogP contribution in [0.4, 0.5) is 15.6 Å². The molecule has 0 spiro atoms. The predicted octanol–water partition coefficient (Wildman–Crippen LogP) is 4.68.